The first-order chi connectivity index (χ1) is 73.8. The number of benzene rings is 14. The second kappa shape index (κ2) is 26.9. The van der Waals surface area contributed by atoms with E-state index in [0.29, 0.717) is 0 Å². The molecule has 0 fully saturated rings. The SMILES string of the molecule is C1=CN(c2ccccc2)C=CB1c1cn2[n+](c1)C13c4c(cccc4-2)-n2c4ccccc4c4ccc(c1c42)-n1c2ccccc2c2ccc[n+]3c21.C1=CN(c2ccccc2)C=CB1c1cn2[n+](c1)C13c4c-2ccc2c5ccccc5n(c42)-c2ccc4c5ccccc5n(c4c21)-c1cccc[n+]13.Cc1c(-c2cc3ccccn3c2)c(C)[n+]2n1-c1cccc3c1C21c2c4c(cc5c6ccccc6n(c25)-c2cccc[n+]21)c1ccccc1n4-3. The molecule has 20 heteroatoms. The Morgan fingerprint density at radius 3 is 1.20 bits per heavy atom. The Labute approximate surface area is 850 Å². The van der Waals surface area contributed by atoms with E-state index in [1.807, 2.05) is 0 Å². The minimum absolute atomic E-state index is 0.143. The number of para-hydroxylation sites is 8. The fourth-order valence-electron chi connectivity index (χ4n) is 29.8. The number of aromatic nitrogens is 16. The zero-order chi connectivity index (χ0) is 96.5. The molecule has 25 heterocycles. The fraction of sp³-hybridized carbons (Fsp3) is 0.0388. The summed E-state index contributed by atoms with van der Waals surface area (Å²) < 4.78 is 40.2. The van der Waals surface area contributed by atoms with Crippen molar-refractivity contribution in [3.05, 3.63) is 507 Å². The van der Waals surface area contributed by atoms with Crippen LogP contribution in [0.5, 0.6) is 0 Å². The Morgan fingerprint density at radius 2 is 0.664 bits per heavy atom. The van der Waals surface area contributed by atoms with Crippen molar-refractivity contribution < 1.29 is 27.7 Å². The van der Waals surface area contributed by atoms with Gasteiger partial charge in [0.05, 0.1) is 97.8 Å². The number of hydrogen-bond donors (Lipinski definition) is 0. The summed E-state index contributed by atoms with van der Waals surface area (Å²) in [5.74, 6) is 11.6. The van der Waals surface area contributed by atoms with Crippen LogP contribution in [-0.4, -0.2) is 59.3 Å². The van der Waals surface area contributed by atoms with Crippen LogP contribution in [0, 0.1) is 13.8 Å². The molecule has 0 aliphatic carbocycles. The summed E-state index contributed by atoms with van der Waals surface area (Å²) in [5.41, 5.74) is 40.7. The molecule has 18 nitrogen and oxygen atoms in total. The molecular weight excluding hydrogens is 1820 g/mol. The number of hydrogen-bond acceptors (Lipinski definition) is 2. The second-order valence-corrected chi connectivity index (χ2v) is 41.8. The molecule has 688 valence electrons. The third kappa shape index (κ3) is 8.89. The van der Waals surface area contributed by atoms with Gasteiger partial charge in [-0.1, -0.05) is 196 Å². The average molecular weight is 1910 g/mol. The standard InChI is InChI=1S/2C43H27BN6.C43H28N6/c1-2-10-29(11-3-1)45-24-21-44(22-25-45)28-26-47-36-17-8-18-37-39(36)43(48(47)27-28)40-38(20-19-32-30-12-4-6-15-34(30)49(37)41(32)40)50-35-16-7-5-13-31(35)33-14-9-23-46(43)42(33)50;1-2-10-29(11-3-1)45-24-21-44(22-25-45)28-26-47-36-19-17-32-30-12-4-6-14-34(30)49-37-20-18-33-31-13-5-7-15-35(31)50-38-16-8-9-23-46(38)43(48(47)27-28,39(36)41(32)49)40(37)42(33)50;1-25-38(27-22-28-12-7-9-20-44(28)24-27)26(2)49-43-39-35(17-11-18-36(39)48(25)49)46-33-15-5-3-13-29(33)31-23-32-30-14-4-6-16-34(30)47(42(32)40(43)41(31)46)37-19-8-10-21-45(37)43/h2*1-27H;3-24H,1-2H3/q3*+2. The lowest BCUT2D eigenvalue weighted by atomic mass is 9.45. The lowest BCUT2D eigenvalue weighted by molar-refractivity contribution is -0.995. The van der Waals surface area contributed by atoms with Crippen LogP contribution < -0.4 is 48.5 Å². The minimum Gasteiger partial charge on any atom is -0.326 e. The number of nitrogens with zero attached hydrogens (tertiary/aromatic N) is 18. The molecule has 0 saturated heterocycles. The van der Waals surface area contributed by atoms with Gasteiger partial charge >= 0.3 is 22.6 Å². The summed E-state index contributed by atoms with van der Waals surface area (Å²) in [6.07, 6.45) is 29.7. The van der Waals surface area contributed by atoms with Crippen LogP contribution in [0.15, 0.2) is 462 Å². The predicted molar refractivity (Wildman–Crippen MR) is 590 cm³/mol. The van der Waals surface area contributed by atoms with E-state index in [1.54, 1.807) is 0 Å². The second-order valence-electron chi connectivity index (χ2n) is 41.8. The van der Waals surface area contributed by atoms with Crippen LogP contribution in [0.1, 0.15) is 44.8 Å². The molecular formula is C129H82B2N18+6. The van der Waals surface area contributed by atoms with Crippen molar-refractivity contribution in [2.45, 2.75) is 30.8 Å². The highest BCUT2D eigenvalue weighted by Crippen LogP contribution is 2.60. The van der Waals surface area contributed by atoms with Crippen LogP contribution in [0.4, 0.5) is 11.4 Å². The molecule has 3 unspecified atom stereocenters. The summed E-state index contributed by atoms with van der Waals surface area (Å²) in [5, 5.41) is 15.4. The lowest BCUT2D eigenvalue weighted by Gasteiger charge is -2.33. The van der Waals surface area contributed by atoms with Crippen LogP contribution in [-0.2, 0) is 17.0 Å². The molecule has 14 aromatic heterocycles. The molecule has 14 aromatic carbocycles. The third-order valence-corrected chi connectivity index (χ3v) is 35.2. The molecule has 11 aliphatic heterocycles. The Balaban J connectivity index is 0.0000000907. The number of anilines is 2. The summed E-state index contributed by atoms with van der Waals surface area (Å²) in [4.78, 5) is 4.38. The van der Waals surface area contributed by atoms with E-state index in [0.717, 1.165) is 17.2 Å². The minimum atomic E-state index is -0.665. The van der Waals surface area contributed by atoms with E-state index in [9.17, 15) is 0 Å². The van der Waals surface area contributed by atoms with Crippen LogP contribution >= 0.6 is 0 Å². The molecule has 149 heavy (non-hydrogen) atoms. The van der Waals surface area contributed by atoms with Crippen molar-refractivity contribution in [2.75, 3.05) is 9.80 Å². The lowest BCUT2D eigenvalue weighted by Crippen LogP contribution is -2.77. The summed E-state index contributed by atoms with van der Waals surface area (Å²) in [6.45, 7) is 4.92. The van der Waals surface area contributed by atoms with Crippen molar-refractivity contribution >= 4 is 172 Å². The van der Waals surface area contributed by atoms with Gasteiger partial charge in [-0.25, -0.2) is 0 Å². The third-order valence-electron chi connectivity index (χ3n) is 35.2. The average Bonchev–Trinajstić information content (AvgIpc) is 1.46. The monoisotopic (exact) mass is 1900 g/mol. The smallest absolute Gasteiger partial charge is 0.326 e. The largest absolute Gasteiger partial charge is 0.394 e. The van der Waals surface area contributed by atoms with E-state index in [4.69, 9.17) is 0 Å². The van der Waals surface area contributed by atoms with Gasteiger partial charge in [-0.3, -0.25) is 0 Å². The molecule has 0 radical (unpaired) electrons. The fourth-order valence-corrected chi connectivity index (χ4v) is 29.8. The normalized spacial score (nSPS) is 17.1. The Morgan fingerprint density at radius 1 is 0.275 bits per heavy atom. The molecule has 3 atom stereocenters. The van der Waals surface area contributed by atoms with Gasteiger partial charge in [0, 0.05) is 124 Å². The highest BCUT2D eigenvalue weighted by atomic mass is 15.6. The Bertz CT molecular complexity index is 11200. The van der Waals surface area contributed by atoms with Crippen molar-refractivity contribution in [2.24, 2.45) is 0 Å². The van der Waals surface area contributed by atoms with Gasteiger partial charge in [0.15, 0.2) is 29.1 Å². The van der Waals surface area contributed by atoms with Gasteiger partial charge in [-0.05, 0) is 220 Å². The molecule has 39 rings (SSSR count). The van der Waals surface area contributed by atoms with E-state index < -0.39 is 17.0 Å². The molecule has 28 aromatic rings. The van der Waals surface area contributed by atoms with Gasteiger partial charge in [0.1, 0.15) is 67.0 Å². The Kier molecular flexibility index (Phi) is 14.1. The number of rotatable bonds is 5. The summed E-state index contributed by atoms with van der Waals surface area (Å²) >= 11 is 0. The van der Waals surface area contributed by atoms with Crippen molar-refractivity contribution in [1.29, 1.82) is 0 Å². The number of pyridine rings is 4. The maximum atomic E-state index is 2.63. The highest BCUT2D eigenvalue weighted by molar-refractivity contribution is 6.82. The molecule has 0 amide bonds. The zero-order valence-electron chi connectivity index (χ0n) is 80.6. The van der Waals surface area contributed by atoms with Crippen LogP contribution in [0.3, 0.4) is 0 Å². The van der Waals surface area contributed by atoms with E-state index in [2.05, 4.69) is 560 Å². The van der Waals surface area contributed by atoms with Gasteiger partial charge in [0.25, 0.3) is 11.6 Å². The maximum Gasteiger partial charge on any atom is 0.394 e. The molecule has 0 bridgehead atoms. The quantitative estimate of drug-likeness (QED) is 0.127. The first-order valence-corrected chi connectivity index (χ1v) is 51.7. The van der Waals surface area contributed by atoms with Gasteiger partial charge < -0.3 is 27.9 Å². The highest BCUT2D eigenvalue weighted by Gasteiger charge is 2.73. The van der Waals surface area contributed by atoms with E-state index in [1.165, 1.54) is 249 Å². The first kappa shape index (κ1) is 78.0. The van der Waals surface area contributed by atoms with Crippen LogP contribution in [0.2, 0.25) is 0 Å². The van der Waals surface area contributed by atoms with Gasteiger partial charge in [-0.2, -0.15) is 27.4 Å². The van der Waals surface area contributed by atoms with Gasteiger partial charge in [0.2, 0.25) is 19.1 Å². The van der Waals surface area contributed by atoms with E-state index >= 15 is 0 Å². The molecule has 3 spiro atoms. The van der Waals surface area contributed by atoms with E-state index in [-0.39, 0.29) is 13.4 Å². The maximum absolute atomic E-state index is 2.63. The summed E-state index contributed by atoms with van der Waals surface area (Å²) in [6, 6.07) is 132. The summed E-state index contributed by atoms with van der Waals surface area (Å²) in [7, 11) is 0. The first-order valence-electron chi connectivity index (χ1n) is 51.7. The van der Waals surface area contributed by atoms with Crippen molar-refractivity contribution in [1.82, 2.24) is 45.8 Å². The van der Waals surface area contributed by atoms with Crippen molar-refractivity contribution in [3.63, 3.8) is 0 Å². The molecule has 11 aliphatic rings. The zero-order valence-corrected chi connectivity index (χ0v) is 80.6. The predicted octanol–water partition coefficient (Wildman–Crippen LogP) is 21.6. The molecule has 0 N–H and O–H groups in total. The van der Waals surface area contributed by atoms with Gasteiger partial charge in [-0.15, -0.1) is 14.0 Å². The van der Waals surface area contributed by atoms with Crippen molar-refractivity contribution in [3.8, 4) is 62.6 Å². The molecule has 0 saturated carbocycles. The topological polar surface area (TPSA) is 78.5 Å². The number of fused-ring (bicyclic) bond motifs is 33. The van der Waals surface area contributed by atoms with Crippen LogP contribution in [0.25, 0.3) is 199 Å². The Hall–Kier alpha value is -19.6.